The van der Waals surface area contributed by atoms with Gasteiger partial charge in [0.25, 0.3) is 0 Å². The summed E-state index contributed by atoms with van der Waals surface area (Å²) in [6.45, 7) is 5.20. The van der Waals surface area contributed by atoms with Gasteiger partial charge in [0.1, 0.15) is 0 Å². The van der Waals surface area contributed by atoms with Crippen molar-refractivity contribution in [2.75, 3.05) is 46.4 Å². The van der Waals surface area contributed by atoms with E-state index in [4.69, 9.17) is 16.3 Å². The van der Waals surface area contributed by atoms with Crippen LogP contribution < -0.4 is 10.6 Å². The zero-order chi connectivity index (χ0) is 18.2. The Bertz CT molecular complexity index is 689. The number of nitrogens with zero attached hydrogens (tertiary/aromatic N) is 2. The second-order valence-corrected chi connectivity index (χ2v) is 8.79. The van der Waals surface area contributed by atoms with Crippen LogP contribution in [0.25, 0.3) is 0 Å². The molecule has 27 heavy (non-hydrogen) atoms. The minimum absolute atomic E-state index is 0. The molecule has 1 atom stereocenters. The first kappa shape index (κ1) is 22.9. The van der Waals surface area contributed by atoms with Gasteiger partial charge in [-0.25, -0.2) is 0 Å². The van der Waals surface area contributed by atoms with Crippen molar-refractivity contribution < 1.29 is 4.74 Å². The summed E-state index contributed by atoms with van der Waals surface area (Å²) in [6, 6.07) is 8.70. The third-order valence-electron chi connectivity index (χ3n) is 4.34. The van der Waals surface area contributed by atoms with Crippen LogP contribution in [0.2, 0.25) is 4.34 Å². The Morgan fingerprint density at radius 3 is 2.74 bits per heavy atom. The molecule has 0 radical (unpaired) electrons. The molecule has 0 aromatic carbocycles. The minimum atomic E-state index is 0. The predicted molar refractivity (Wildman–Crippen MR) is 127 cm³/mol. The summed E-state index contributed by atoms with van der Waals surface area (Å²) in [5, 5.41) is 9.02. The van der Waals surface area contributed by atoms with Crippen molar-refractivity contribution in [2.24, 2.45) is 4.99 Å². The summed E-state index contributed by atoms with van der Waals surface area (Å²) in [4.78, 5) is 9.50. The predicted octanol–water partition coefficient (Wildman–Crippen LogP) is 3.86. The van der Waals surface area contributed by atoms with Gasteiger partial charge in [0, 0.05) is 43.0 Å². The second-order valence-electron chi connectivity index (χ2n) is 6.02. The lowest BCUT2D eigenvalue weighted by molar-refractivity contribution is 0.0177. The fraction of sp³-hybridized carbons (Fsp3) is 0.500. The van der Waals surface area contributed by atoms with Crippen molar-refractivity contribution in [1.82, 2.24) is 15.5 Å². The first-order valence-corrected chi connectivity index (χ1v) is 10.9. The molecule has 150 valence electrons. The topological polar surface area (TPSA) is 48.9 Å². The number of hydrogen-bond acceptors (Lipinski definition) is 5. The van der Waals surface area contributed by atoms with E-state index in [-0.39, 0.29) is 24.0 Å². The Balaban J connectivity index is 0.00000261. The maximum absolute atomic E-state index is 5.99. The number of aliphatic imine (C=N–C) groups is 1. The number of morpholine rings is 1. The molecule has 0 amide bonds. The van der Waals surface area contributed by atoms with Gasteiger partial charge in [-0.3, -0.25) is 9.89 Å². The number of nitrogens with one attached hydrogen (secondary N) is 2. The number of hydrogen-bond donors (Lipinski definition) is 2. The average molecular weight is 541 g/mol. The first-order valence-electron chi connectivity index (χ1n) is 8.80. The molecule has 0 saturated carbocycles. The van der Waals surface area contributed by atoms with E-state index in [0.29, 0.717) is 6.04 Å². The van der Waals surface area contributed by atoms with Gasteiger partial charge in [-0.15, -0.1) is 46.7 Å². The molecule has 1 saturated heterocycles. The molecule has 3 rings (SSSR count). The number of halogens is 2. The van der Waals surface area contributed by atoms with Crippen LogP contribution >= 0.6 is 58.3 Å². The van der Waals surface area contributed by atoms with Crippen LogP contribution in [0.15, 0.2) is 34.6 Å². The first-order chi connectivity index (χ1) is 12.8. The molecule has 9 heteroatoms. The Morgan fingerprint density at radius 1 is 1.30 bits per heavy atom. The van der Waals surface area contributed by atoms with Crippen LogP contribution in [0.4, 0.5) is 0 Å². The molecule has 1 unspecified atom stereocenters. The van der Waals surface area contributed by atoms with Crippen molar-refractivity contribution in [1.29, 1.82) is 0 Å². The van der Waals surface area contributed by atoms with Gasteiger partial charge >= 0.3 is 0 Å². The monoisotopic (exact) mass is 540 g/mol. The summed E-state index contributed by atoms with van der Waals surface area (Å²) < 4.78 is 6.35. The average Bonchev–Trinajstić information content (AvgIpc) is 3.33. The smallest absolute Gasteiger partial charge is 0.191 e. The van der Waals surface area contributed by atoms with Crippen LogP contribution in [0, 0.1) is 0 Å². The van der Waals surface area contributed by atoms with Crippen molar-refractivity contribution in [3.63, 3.8) is 0 Å². The summed E-state index contributed by atoms with van der Waals surface area (Å²) in [7, 11) is 1.81. The van der Waals surface area contributed by atoms with Crippen LogP contribution in [0.5, 0.6) is 0 Å². The van der Waals surface area contributed by atoms with Crippen LogP contribution in [-0.4, -0.2) is 57.3 Å². The zero-order valence-electron chi connectivity index (χ0n) is 15.3. The molecule has 2 aromatic rings. The number of thiophene rings is 2. The molecule has 1 fully saturated rings. The highest BCUT2D eigenvalue weighted by Gasteiger charge is 2.23. The van der Waals surface area contributed by atoms with E-state index in [1.807, 2.05) is 24.5 Å². The molecule has 3 heterocycles. The third kappa shape index (κ3) is 7.17. The minimum Gasteiger partial charge on any atom is -0.379 e. The van der Waals surface area contributed by atoms with E-state index in [0.717, 1.165) is 56.1 Å². The van der Waals surface area contributed by atoms with Crippen molar-refractivity contribution in [3.05, 3.63) is 43.7 Å². The van der Waals surface area contributed by atoms with E-state index in [9.17, 15) is 0 Å². The fourth-order valence-electron chi connectivity index (χ4n) is 2.98. The van der Waals surface area contributed by atoms with E-state index >= 15 is 0 Å². The van der Waals surface area contributed by atoms with Gasteiger partial charge in [0.2, 0.25) is 0 Å². The molecule has 2 aromatic heterocycles. The van der Waals surface area contributed by atoms with E-state index in [1.165, 1.54) is 9.75 Å². The molecule has 2 N–H and O–H groups in total. The van der Waals surface area contributed by atoms with Crippen molar-refractivity contribution >= 4 is 64.2 Å². The van der Waals surface area contributed by atoms with E-state index in [1.54, 1.807) is 11.3 Å². The van der Waals surface area contributed by atoms with Gasteiger partial charge < -0.3 is 15.4 Å². The summed E-state index contributed by atoms with van der Waals surface area (Å²) >= 11 is 9.42. The Hall–Kier alpha value is -0.390. The zero-order valence-corrected chi connectivity index (χ0v) is 20.0. The SMILES string of the molecule is CN=C(NCCc1ccc(Cl)s1)NCC(c1cccs1)N1CCOCC1.I. The van der Waals surface area contributed by atoms with Crippen LogP contribution in [-0.2, 0) is 11.2 Å². The van der Waals surface area contributed by atoms with Crippen LogP contribution in [0.1, 0.15) is 15.8 Å². The highest BCUT2D eigenvalue weighted by molar-refractivity contribution is 14.0. The summed E-state index contributed by atoms with van der Waals surface area (Å²) in [6.07, 6.45) is 0.940. The largest absolute Gasteiger partial charge is 0.379 e. The Kier molecular flexibility index (Phi) is 10.4. The molecule has 0 bridgehead atoms. The Labute approximate surface area is 191 Å². The number of guanidine groups is 1. The third-order valence-corrected chi connectivity index (χ3v) is 6.60. The molecular formula is C18H26ClIN4OS2. The van der Waals surface area contributed by atoms with Gasteiger partial charge in [-0.1, -0.05) is 17.7 Å². The van der Waals surface area contributed by atoms with Crippen molar-refractivity contribution in [2.45, 2.75) is 12.5 Å². The lowest BCUT2D eigenvalue weighted by Gasteiger charge is -2.34. The molecule has 0 spiro atoms. The van der Waals surface area contributed by atoms with Gasteiger partial charge in [-0.05, 0) is 30.0 Å². The van der Waals surface area contributed by atoms with Crippen molar-refractivity contribution in [3.8, 4) is 0 Å². The lowest BCUT2D eigenvalue weighted by atomic mass is 10.2. The number of ether oxygens (including phenoxy) is 1. The maximum Gasteiger partial charge on any atom is 0.191 e. The van der Waals surface area contributed by atoms with E-state index < -0.39 is 0 Å². The van der Waals surface area contributed by atoms with Gasteiger partial charge in [0.15, 0.2) is 5.96 Å². The van der Waals surface area contributed by atoms with Crippen LogP contribution in [0.3, 0.4) is 0 Å². The highest BCUT2D eigenvalue weighted by Crippen LogP contribution is 2.25. The molecular weight excluding hydrogens is 515 g/mol. The lowest BCUT2D eigenvalue weighted by Crippen LogP contribution is -2.46. The Morgan fingerprint density at radius 2 is 2.11 bits per heavy atom. The van der Waals surface area contributed by atoms with E-state index in [2.05, 4.69) is 44.1 Å². The van der Waals surface area contributed by atoms with Gasteiger partial charge in [0.05, 0.1) is 23.6 Å². The molecule has 5 nitrogen and oxygen atoms in total. The number of rotatable bonds is 7. The quantitative estimate of drug-likeness (QED) is 0.318. The molecule has 1 aliphatic heterocycles. The summed E-state index contributed by atoms with van der Waals surface area (Å²) in [5.74, 6) is 0.836. The molecule has 0 aliphatic carbocycles. The highest BCUT2D eigenvalue weighted by atomic mass is 127. The fourth-order valence-corrected chi connectivity index (χ4v) is 4.93. The second kappa shape index (κ2) is 12.2. The standard InChI is InChI=1S/C18H25ClN4OS2.HI/c1-20-18(21-7-6-14-4-5-17(19)26-14)22-13-15(16-3-2-12-25-16)23-8-10-24-11-9-23;/h2-5,12,15H,6-11,13H2,1H3,(H2,20,21,22);1H. The van der Waals surface area contributed by atoms with Gasteiger partial charge in [-0.2, -0.15) is 0 Å². The maximum atomic E-state index is 5.99. The normalized spacial score (nSPS) is 16.6. The molecule has 1 aliphatic rings. The summed E-state index contributed by atoms with van der Waals surface area (Å²) in [5.41, 5.74) is 0.